The molecule has 0 atom stereocenters. The first-order valence-electron chi connectivity index (χ1n) is 3.36. The molecule has 0 aliphatic heterocycles. The van der Waals surface area contributed by atoms with Crippen LogP contribution in [0.2, 0.25) is 5.02 Å². The molecule has 1 heterocycles. The maximum Gasteiger partial charge on any atom is 0.285 e. The van der Waals surface area contributed by atoms with Crippen molar-refractivity contribution in [2.24, 2.45) is 0 Å². The minimum atomic E-state index is -0.232. The highest BCUT2D eigenvalue weighted by atomic mass is 35.5. The van der Waals surface area contributed by atoms with E-state index in [1.165, 1.54) is 16.9 Å². The zero-order valence-corrected chi connectivity index (χ0v) is 7.17. The Kier molecular flexibility index (Phi) is 2.29. The van der Waals surface area contributed by atoms with Crippen molar-refractivity contribution in [1.29, 1.82) is 0 Å². The zero-order valence-electron chi connectivity index (χ0n) is 6.41. The summed E-state index contributed by atoms with van der Waals surface area (Å²) >= 11 is 5.58. The van der Waals surface area contributed by atoms with Gasteiger partial charge in [-0.15, -0.1) is 0 Å². The third-order valence-electron chi connectivity index (χ3n) is 1.31. The first-order chi connectivity index (χ1) is 5.13. The van der Waals surface area contributed by atoms with E-state index in [1.54, 1.807) is 0 Å². The van der Waals surface area contributed by atoms with Gasteiger partial charge in [0.15, 0.2) is 0 Å². The van der Waals surface area contributed by atoms with Gasteiger partial charge >= 0.3 is 0 Å². The molecule has 0 N–H and O–H groups in total. The summed E-state index contributed by atoms with van der Waals surface area (Å²) in [6, 6.07) is 1.55. The van der Waals surface area contributed by atoms with Gasteiger partial charge in [0.1, 0.15) is 5.02 Å². The molecule has 0 unspecified atom stereocenters. The van der Waals surface area contributed by atoms with Gasteiger partial charge in [0.05, 0.1) is 6.04 Å². The second-order valence-corrected chi connectivity index (χ2v) is 2.93. The fraction of sp³-hybridized carbons (Fsp3) is 0.429. The molecule has 4 heteroatoms. The predicted molar refractivity (Wildman–Crippen MR) is 43.9 cm³/mol. The molecule has 0 saturated heterocycles. The van der Waals surface area contributed by atoms with Crippen LogP contribution in [0.25, 0.3) is 0 Å². The monoisotopic (exact) mass is 172 g/mol. The number of halogens is 1. The Bertz CT molecular complexity index is 306. The summed E-state index contributed by atoms with van der Waals surface area (Å²) in [7, 11) is 0. The molecule has 0 amide bonds. The molecule has 0 spiro atoms. The Hall–Kier alpha value is -0.830. The van der Waals surface area contributed by atoms with E-state index in [1.807, 2.05) is 13.8 Å². The summed E-state index contributed by atoms with van der Waals surface area (Å²) in [4.78, 5) is 11.2. The number of hydrogen-bond acceptors (Lipinski definition) is 2. The average molecular weight is 173 g/mol. The van der Waals surface area contributed by atoms with Crippen molar-refractivity contribution < 1.29 is 0 Å². The van der Waals surface area contributed by atoms with Gasteiger partial charge in [0.2, 0.25) is 0 Å². The van der Waals surface area contributed by atoms with Crippen LogP contribution in [0, 0.1) is 0 Å². The summed E-state index contributed by atoms with van der Waals surface area (Å²) in [6.45, 7) is 3.76. The van der Waals surface area contributed by atoms with Crippen LogP contribution in [0.3, 0.4) is 0 Å². The lowest BCUT2D eigenvalue weighted by atomic mass is 10.4. The third kappa shape index (κ3) is 1.60. The third-order valence-corrected chi connectivity index (χ3v) is 1.60. The van der Waals surface area contributed by atoms with Crippen LogP contribution in [-0.4, -0.2) is 9.78 Å². The van der Waals surface area contributed by atoms with Crippen LogP contribution in [0.15, 0.2) is 17.1 Å². The van der Waals surface area contributed by atoms with Crippen LogP contribution in [-0.2, 0) is 0 Å². The number of rotatable bonds is 1. The second-order valence-electron chi connectivity index (χ2n) is 2.52. The highest BCUT2D eigenvalue weighted by molar-refractivity contribution is 6.30. The summed E-state index contributed by atoms with van der Waals surface area (Å²) < 4.78 is 1.35. The molecule has 0 radical (unpaired) electrons. The Morgan fingerprint density at radius 3 is 2.73 bits per heavy atom. The van der Waals surface area contributed by atoms with Gasteiger partial charge in [-0.2, -0.15) is 5.10 Å². The van der Waals surface area contributed by atoms with Crippen molar-refractivity contribution in [2.45, 2.75) is 19.9 Å². The van der Waals surface area contributed by atoms with Gasteiger partial charge in [0, 0.05) is 6.20 Å². The quantitative estimate of drug-likeness (QED) is 0.643. The van der Waals surface area contributed by atoms with E-state index in [4.69, 9.17) is 11.6 Å². The van der Waals surface area contributed by atoms with Crippen LogP contribution in [0.4, 0.5) is 0 Å². The van der Waals surface area contributed by atoms with Crippen molar-refractivity contribution >= 4 is 11.6 Å². The van der Waals surface area contributed by atoms with Gasteiger partial charge in [-0.25, -0.2) is 4.68 Å². The Morgan fingerprint density at radius 2 is 2.27 bits per heavy atom. The number of aromatic nitrogens is 2. The average Bonchev–Trinajstić information content (AvgIpc) is 1.94. The van der Waals surface area contributed by atoms with Crippen molar-refractivity contribution in [3.8, 4) is 0 Å². The molecule has 11 heavy (non-hydrogen) atoms. The lowest BCUT2D eigenvalue weighted by Crippen LogP contribution is -2.24. The standard InChI is InChI=1S/C7H9ClN2O/c1-5(2)10-7(11)6(8)3-4-9-10/h3-5H,1-2H3. The highest BCUT2D eigenvalue weighted by Crippen LogP contribution is 2.01. The van der Waals surface area contributed by atoms with Crippen LogP contribution in [0.1, 0.15) is 19.9 Å². The summed E-state index contributed by atoms with van der Waals surface area (Å²) in [6.07, 6.45) is 1.52. The van der Waals surface area contributed by atoms with Gasteiger partial charge in [-0.1, -0.05) is 11.6 Å². The van der Waals surface area contributed by atoms with Gasteiger partial charge in [-0.3, -0.25) is 4.79 Å². The second kappa shape index (κ2) is 3.05. The molecular formula is C7H9ClN2O. The molecule has 0 saturated carbocycles. The Morgan fingerprint density at radius 1 is 1.64 bits per heavy atom. The SMILES string of the molecule is CC(C)n1nccc(Cl)c1=O. The predicted octanol–water partition coefficient (Wildman–Crippen LogP) is 1.48. The summed E-state index contributed by atoms with van der Waals surface area (Å²) in [5, 5.41) is 4.07. The minimum Gasteiger partial charge on any atom is -0.266 e. The maximum absolute atomic E-state index is 11.2. The van der Waals surface area contributed by atoms with E-state index in [9.17, 15) is 4.79 Å². The first-order valence-corrected chi connectivity index (χ1v) is 3.74. The van der Waals surface area contributed by atoms with Crippen molar-refractivity contribution in [2.75, 3.05) is 0 Å². The molecule has 0 bridgehead atoms. The molecule has 1 aromatic rings. The summed E-state index contributed by atoms with van der Waals surface area (Å²) in [5.74, 6) is 0. The van der Waals surface area contributed by atoms with E-state index in [0.717, 1.165) is 0 Å². The van der Waals surface area contributed by atoms with Gasteiger partial charge in [-0.05, 0) is 19.9 Å². The highest BCUT2D eigenvalue weighted by Gasteiger charge is 2.03. The molecule has 3 nitrogen and oxygen atoms in total. The molecular weight excluding hydrogens is 164 g/mol. The van der Waals surface area contributed by atoms with Crippen molar-refractivity contribution in [3.05, 3.63) is 27.6 Å². The fourth-order valence-corrected chi connectivity index (χ4v) is 0.915. The minimum absolute atomic E-state index is 0.0567. The van der Waals surface area contributed by atoms with Crippen molar-refractivity contribution in [1.82, 2.24) is 9.78 Å². The molecule has 0 aromatic carbocycles. The smallest absolute Gasteiger partial charge is 0.266 e. The molecule has 1 aromatic heterocycles. The lowest BCUT2D eigenvalue weighted by molar-refractivity contribution is 0.502. The van der Waals surface area contributed by atoms with E-state index < -0.39 is 0 Å². The molecule has 1 rings (SSSR count). The van der Waals surface area contributed by atoms with Crippen LogP contribution < -0.4 is 5.56 Å². The fourth-order valence-electron chi connectivity index (χ4n) is 0.772. The first kappa shape index (κ1) is 8.27. The van der Waals surface area contributed by atoms with E-state index in [-0.39, 0.29) is 16.6 Å². The van der Waals surface area contributed by atoms with Gasteiger partial charge in [0.25, 0.3) is 5.56 Å². The number of hydrogen-bond donors (Lipinski definition) is 0. The molecule has 0 aliphatic carbocycles. The van der Waals surface area contributed by atoms with E-state index in [0.29, 0.717) is 0 Å². The Labute approximate surface area is 69.6 Å². The van der Waals surface area contributed by atoms with Gasteiger partial charge < -0.3 is 0 Å². The maximum atomic E-state index is 11.2. The number of nitrogens with zero attached hydrogens (tertiary/aromatic N) is 2. The largest absolute Gasteiger partial charge is 0.285 e. The topological polar surface area (TPSA) is 34.9 Å². The van der Waals surface area contributed by atoms with Crippen LogP contribution >= 0.6 is 11.6 Å². The molecule has 0 fully saturated rings. The van der Waals surface area contributed by atoms with Crippen LogP contribution in [0.5, 0.6) is 0 Å². The lowest BCUT2D eigenvalue weighted by Gasteiger charge is -2.06. The molecule has 60 valence electrons. The van der Waals surface area contributed by atoms with Crippen molar-refractivity contribution in [3.63, 3.8) is 0 Å². The van der Waals surface area contributed by atoms with E-state index in [2.05, 4.69) is 5.10 Å². The zero-order chi connectivity index (χ0) is 8.43. The normalized spacial score (nSPS) is 10.5. The molecule has 0 aliphatic rings. The van der Waals surface area contributed by atoms with E-state index >= 15 is 0 Å². The Balaban J connectivity index is 3.28. The summed E-state index contributed by atoms with van der Waals surface area (Å²) in [5.41, 5.74) is -0.232.